The number of benzene rings is 1. The van der Waals surface area contributed by atoms with Crippen molar-refractivity contribution in [3.63, 3.8) is 0 Å². The molecule has 0 aliphatic carbocycles. The number of anilines is 1. The van der Waals surface area contributed by atoms with Crippen LogP contribution in [-0.2, 0) is 6.42 Å². The standard InChI is InChI=1S/C13H14BrN3O/c1-8-12(14)13(15)17-11(16-8)7-9-5-3-4-6-10(9)18-2/h3-6H,7H2,1-2H3,(H2,15,16,17). The Morgan fingerprint density at radius 1 is 1.28 bits per heavy atom. The van der Waals surface area contributed by atoms with E-state index < -0.39 is 0 Å². The lowest BCUT2D eigenvalue weighted by Gasteiger charge is -2.09. The van der Waals surface area contributed by atoms with Crippen molar-refractivity contribution >= 4 is 21.7 Å². The highest BCUT2D eigenvalue weighted by molar-refractivity contribution is 9.10. The minimum Gasteiger partial charge on any atom is -0.496 e. The zero-order chi connectivity index (χ0) is 13.1. The molecule has 4 nitrogen and oxygen atoms in total. The van der Waals surface area contributed by atoms with Gasteiger partial charge in [0, 0.05) is 12.0 Å². The van der Waals surface area contributed by atoms with Crippen LogP contribution in [-0.4, -0.2) is 17.1 Å². The van der Waals surface area contributed by atoms with E-state index in [4.69, 9.17) is 10.5 Å². The Kier molecular flexibility index (Phi) is 3.81. The number of nitrogens with zero attached hydrogens (tertiary/aromatic N) is 2. The van der Waals surface area contributed by atoms with E-state index in [1.54, 1.807) is 7.11 Å². The normalized spacial score (nSPS) is 10.4. The molecule has 5 heteroatoms. The first-order valence-corrected chi connectivity index (χ1v) is 6.31. The monoisotopic (exact) mass is 307 g/mol. The molecule has 0 saturated heterocycles. The van der Waals surface area contributed by atoms with Crippen molar-refractivity contribution in [3.05, 3.63) is 45.8 Å². The Morgan fingerprint density at radius 3 is 2.67 bits per heavy atom. The number of para-hydroxylation sites is 1. The van der Waals surface area contributed by atoms with Crippen molar-refractivity contribution in [2.75, 3.05) is 12.8 Å². The summed E-state index contributed by atoms with van der Waals surface area (Å²) in [5.74, 6) is 1.99. The molecule has 2 aromatic rings. The number of ether oxygens (including phenoxy) is 1. The molecule has 0 unspecified atom stereocenters. The Morgan fingerprint density at radius 2 is 2.00 bits per heavy atom. The van der Waals surface area contributed by atoms with Crippen LogP contribution < -0.4 is 10.5 Å². The number of aromatic nitrogens is 2. The Balaban J connectivity index is 2.34. The lowest BCUT2D eigenvalue weighted by Crippen LogP contribution is -2.04. The topological polar surface area (TPSA) is 61.0 Å². The van der Waals surface area contributed by atoms with Gasteiger partial charge in [0.15, 0.2) is 0 Å². The molecule has 0 radical (unpaired) electrons. The number of aryl methyl sites for hydroxylation is 1. The Labute approximate surface area is 114 Å². The van der Waals surface area contributed by atoms with Crippen LogP contribution in [0.5, 0.6) is 5.75 Å². The number of hydrogen-bond acceptors (Lipinski definition) is 4. The molecule has 1 aromatic carbocycles. The molecule has 0 spiro atoms. The molecule has 1 aromatic heterocycles. The van der Waals surface area contributed by atoms with E-state index in [0.717, 1.165) is 21.5 Å². The lowest BCUT2D eigenvalue weighted by atomic mass is 10.1. The molecule has 2 rings (SSSR count). The third kappa shape index (κ3) is 2.61. The lowest BCUT2D eigenvalue weighted by molar-refractivity contribution is 0.410. The van der Waals surface area contributed by atoms with Crippen LogP contribution in [0.1, 0.15) is 17.1 Å². The maximum absolute atomic E-state index is 5.82. The van der Waals surface area contributed by atoms with Crippen LogP contribution in [0.3, 0.4) is 0 Å². The average Bonchev–Trinajstić information content (AvgIpc) is 2.36. The van der Waals surface area contributed by atoms with Crippen LogP contribution >= 0.6 is 15.9 Å². The maximum Gasteiger partial charge on any atom is 0.141 e. The van der Waals surface area contributed by atoms with Gasteiger partial charge in [0.2, 0.25) is 0 Å². The van der Waals surface area contributed by atoms with E-state index in [-0.39, 0.29) is 0 Å². The molecule has 0 atom stereocenters. The molecule has 94 valence electrons. The van der Waals surface area contributed by atoms with E-state index in [2.05, 4.69) is 25.9 Å². The van der Waals surface area contributed by atoms with Gasteiger partial charge in [-0.3, -0.25) is 0 Å². The maximum atomic E-state index is 5.82. The van der Waals surface area contributed by atoms with E-state index >= 15 is 0 Å². The van der Waals surface area contributed by atoms with E-state index in [0.29, 0.717) is 18.1 Å². The number of methoxy groups -OCH3 is 1. The average molecular weight is 308 g/mol. The SMILES string of the molecule is COc1ccccc1Cc1nc(C)c(Br)c(N)n1. The fourth-order valence-corrected chi connectivity index (χ4v) is 1.92. The number of rotatable bonds is 3. The summed E-state index contributed by atoms with van der Waals surface area (Å²) in [5.41, 5.74) is 7.70. The molecule has 2 N–H and O–H groups in total. The molecular weight excluding hydrogens is 294 g/mol. The van der Waals surface area contributed by atoms with Crippen LogP contribution in [0.25, 0.3) is 0 Å². The van der Waals surface area contributed by atoms with Crippen LogP contribution in [0.4, 0.5) is 5.82 Å². The van der Waals surface area contributed by atoms with Crippen LogP contribution in [0, 0.1) is 6.92 Å². The number of nitrogen functional groups attached to an aromatic ring is 1. The zero-order valence-corrected chi connectivity index (χ0v) is 11.9. The second-order valence-electron chi connectivity index (χ2n) is 3.91. The second-order valence-corrected chi connectivity index (χ2v) is 4.71. The van der Waals surface area contributed by atoms with Gasteiger partial charge in [-0.05, 0) is 28.9 Å². The van der Waals surface area contributed by atoms with Crippen molar-refractivity contribution in [3.8, 4) is 5.75 Å². The first-order valence-electron chi connectivity index (χ1n) is 5.52. The highest BCUT2D eigenvalue weighted by atomic mass is 79.9. The summed E-state index contributed by atoms with van der Waals surface area (Å²) in [7, 11) is 1.65. The minimum atomic E-state index is 0.465. The van der Waals surface area contributed by atoms with E-state index in [1.165, 1.54) is 0 Å². The molecule has 0 bridgehead atoms. The third-order valence-corrected chi connectivity index (χ3v) is 3.61. The van der Waals surface area contributed by atoms with Gasteiger partial charge in [-0.15, -0.1) is 0 Å². The first kappa shape index (κ1) is 12.8. The summed E-state index contributed by atoms with van der Waals surface area (Å²) in [4.78, 5) is 8.68. The van der Waals surface area contributed by atoms with Crippen LogP contribution in [0.15, 0.2) is 28.7 Å². The first-order chi connectivity index (χ1) is 8.61. The van der Waals surface area contributed by atoms with E-state index in [1.807, 2.05) is 31.2 Å². The fourth-order valence-electron chi connectivity index (χ4n) is 1.74. The quantitative estimate of drug-likeness (QED) is 0.947. The predicted molar refractivity (Wildman–Crippen MR) is 74.7 cm³/mol. The van der Waals surface area contributed by atoms with Crippen molar-refractivity contribution in [2.45, 2.75) is 13.3 Å². The molecule has 0 amide bonds. The summed E-state index contributed by atoms with van der Waals surface area (Å²) >= 11 is 3.35. The Bertz CT molecular complexity index is 549. The number of nitrogens with two attached hydrogens (primary N) is 1. The van der Waals surface area contributed by atoms with Gasteiger partial charge < -0.3 is 10.5 Å². The Hall–Kier alpha value is -1.62. The summed E-state index contributed by atoms with van der Waals surface area (Å²) in [6.45, 7) is 1.90. The highest BCUT2D eigenvalue weighted by Crippen LogP contribution is 2.23. The van der Waals surface area contributed by atoms with Gasteiger partial charge in [-0.1, -0.05) is 18.2 Å². The molecule has 1 heterocycles. The van der Waals surface area contributed by atoms with Crippen molar-refractivity contribution < 1.29 is 4.74 Å². The highest BCUT2D eigenvalue weighted by Gasteiger charge is 2.09. The fraction of sp³-hybridized carbons (Fsp3) is 0.231. The van der Waals surface area contributed by atoms with Crippen molar-refractivity contribution in [2.24, 2.45) is 0 Å². The predicted octanol–water partition coefficient (Wildman–Crippen LogP) is 2.73. The second kappa shape index (κ2) is 5.35. The van der Waals surface area contributed by atoms with Gasteiger partial charge in [0.05, 0.1) is 17.3 Å². The van der Waals surface area contributed by atoms with Crippen LogP contribution in [0.2, 0.25) is 0 Å². The van der Waals surface area contributed by atoms with Gasteiger partial charge >= 0.3 is 0 Å². The molecule has 0 fully saturated rings. The number of hydrogen-bond donors (Lipinski definition) is 1. The van der Waals surface area contributed by atoms with Crippen molar-refractivity contribution in [1.82, 2.24) is 9.97 Å². The smallest absolute Gasteiger partial charge is 0.141 e. The van der Waals surface area contributed by atoms with Gasteiger partial charge in [-0.2, -0.15) is 0 Å². The van der Waals surface area contributed by atoms with Gasteiger partial charge in [-0.25, -0.2) is 9.97 Å². The minimum absolute atomic E-state index is 0.465. The third-order valence-electron chi connectivity index (χ3n) is 2.63. The molecule has 0 saturated carbocycles. The van der Waals surface area contributed by atoms with Gasteiger partial charge in [0.1, 0.15) is 17.4 Å². The molecule has 0 aliphatic heterocycles. The molecule has 0 aliphatic rings. The van der Waals surface area contributed by atoms with Gasteiger partial charge in [0.25, 0.3) is 0 Å². The van der Waals surface area contributed by atoms with E-state index in [9.17, 15) is 0 Å². The number of halogens is 1. The summed E-state index contributed by atoms with van der Waals surface area (Å²) in [6, 6.07) is 7.82. The largest absolute Gasteiger partial charge is 0.496 e. The summed E-state index contributed by atoms with van der Waals surface area (Å²) < 4.78 is 6.06. The molecule has 18 heavy (non-hydrogen) atoms. The van der Waals surface area contributed by atoms with Crippen molar-refractivity contribution in [1.29, 1.82) is 0 Å². The zero-order valence-electron chi connectivity index (χ0n) is 10.3. The summed E-state index contributed by atoms with van der Waals surface area (Å²) in [5, 5.41) is 0. The summed E-state index contributed by atoms with van der Waals surface area (Å²) in [6.07, 6.45) is 0.600. The molecular formula is C13H14BrN3O.